The number of nitriles is 1. The molecule has 8 nitrogen and oxygen atoms in total. The van der Waals surface area contributed by atoms with Gasteiger partial charge in [-0.05, 0) is 48.7 Å². The number of nitrogens with two attached hydrogens (primary N) is 1. The molecule has 0 bridgehead atoms. The fraction of sp³-hybridized carbons (Fsp3) is 0.481. The minimum absolute atomic E-state index is 0.239. The molecule has 0 aromatic heterocycles. The molecule has 1 amide bonds. The summed E-state index contributed by atoms with van der Waals surface area (Å²) in [6, 6.07) is 16.2. The Morgan fingerprint density at radius 3 is 2.11 bits per heavy atom. The summed E-state index contributed by atoms with van der Waals surface area (Å²) in [5.74, 6) is -0.239. The van der Waals surface area contributed by atoms with Crippen molar-refractivity contribution in [3.8, 4) is 17.2 Å². The van der Waals surface area contributed by atoms with Crippen molar-refractivity contribution >= 4 is 15.9 Å². The molecule has 1 heterocycles. The molecule has 0 unspecified atom stereocenters. The predicted molar refractivity (Wildman–Crippen MR) is 139 cm³/mol. The summed E-state index contributed by atoms with van der Waals surface area (Å²) >= 11 is 0. The molecule has 2 fully saturated rings. The zero-order valence-electron chi connectivity index (χ0n) is 20.8. The highest BCUT2D eigenvalue weighted by molar-refractivity contribution is 7.89. The smallest absolute Gasteiger partial charge is 0.243 e. The van der Waals surface area contributed by atoms with Gasteiger partial charge in [0.05, 0.1) is 16.5 Å². The number of sulfonamides is 1. The van der Waals surface area contributed by atoms with Crippen LogP contribution in [0.1, 0.15) is 37.7 Å². The number of benzene rings is 2. The fourth-order valence-corrected chi connectivity index (χ4v) is 6.33. The van der Waals surface area contributed by atoms with Crippen LogP contribution >= 0.6 is 0 Å². The van der Waals surface area contributed by atoms with Crippen molar-refractivity contribution in [1.29, 1.82) is 5.26 Å². The van der Waals surface area contributed by atoms with E-state index in [0.717, 1.165) is 49.0 Å². The molecule has 1 aliphatic heterocycles. The van der Waals surface area contributed by atoms with Crippen molar-refractivity contribution in [2.45, 2.75) is 55.0 Å². The van der Waals surface area contributed by atoms with Gasteiger partial charge in [0.15, 0.2) is 0 Å². The van der Waals surface area contributed by atoms with Crippen molar-refractivity contribution in [3.05, 3.63) is 54.1 Å². The summed E-state index contributed by atoms with van der Waals surface area (Å²) in [5, 5.41) is 12.4. The maximum absolute atomic E-state index is 13.0. The SMILES string of the molecule is CN1CCN(S(=O)(=O)c2ccc(-c3ccc(C[C@@H](C#N)NC(=O)C4(N)CCCCC4)cc3)cc2)CC1. The summed E-state index contributed by atoms with van der Waals surface area (Å²) in [4.78, 5) is 15.1. The second kappa shape index (κ2) is 11.1. The van der Waals surface area contributed by atoms with Crippen LogP contribution in [-0.4, -0.2) is 68.3 Å². The highest BCUT2D eigenvalue weighted by Crippen LogP contribution is 2.27. The van der Waals surface area contributed by atoms with Gasteiger partial charge in [-0.2, -0.15) is 9.57 Å². The van der Waals surface area contributed by atoms with Crippen LogP contribution in [0.25, 0.3) is 11.1 Å². The van der Waals surface area contributed by atoms with Gasteiger partial charge < -0.3 is 16.0 Å². The Hall–Kier alpha value is -2.77. The Bertz CT molecular complexity index is 1190. The lowest BCUT2D eigenvalue weighted by Crippen LogP contribution is -2.57. The predicted octanol–water partition coefficient (Wildman–Crippen LogP) is 2.50. The highest BCUT2D eigenvalue weighted by atomic mass is 32.2. The van der Waals surface area contributed by atoms with Crippen molar-refractivity contribution < 1.29 is 13.2 Å². The van der Waals surface area contributed by atoms with E-state index in [1.807, 2.05) is 43.4 Å². The van der Waals surface area contributed by atoms with E-state index >= 15 is 0 Å². The molecule has 3 N–H and O–H groups in total. The quantitative estimate of drug-likeness (QED) is 0.592. The van der Waals surface area contributed by atoms with E-state index in [2.05, 4.69) is 16.3 Å². The van der Waals surface area contributed by atoms with Crippen LogP contribution < -0.4 is 11.1 Å². The Morgan fingerprint density at radius 2 is 1.56 bits per heavy atom. The number of rotatable bonds is 7. The topological polar surface area (TPSA) is 120 Å². The van der Waals surface area contributed by atoms with Gasteiger partial charge in [0.2, 0.25) is 15.9 Å². The van der Waals surface area contributed by atoms with Gasteiger partial charge in [0.25, 0.3) is 0 Å². The lowest BCUT2D eigenvalue weighted by Gasteiger charge is -2.32. The number of hydrogen-bond donors (Lipinski definition) is 2. The van der Waals surface area contributed by atoms with E-state index in [-0.39, 0.29) is 5.91 Å². The lowest BCUT2D eigenvalue weighted by molar-refractivity contribution is -0.127. The summed E-state index contributed by atoms with van der Waals surface area (Å²) in [5.41, 5.74) is 8.21. The minimum Gasteiger partial charge on any atom is -0.338 e. The van der Waals surface area contributed by atoms with Gasteiger partial charge in [-0.15, -0.1) is 0 Å². The van der Waals surface area contributed by atoms with Gasteiger partial charge >= 0.3 is 0 Å². The fourth-order valence-electron chi connectivity index (χ4n) is 4.91. The van der Waals surface area contributed by atoms with Crippen LogP contribution in [0.3, 0.4) is 0 Å². The molecule has 0 radical (unpaired) electrons. The Morgan fingerprint density at radius 1 is 1.00 bits per heavy atom. The molecule has 36 heavy (non-hydrogen) atoms. The molecule has 0 spiro atoms. The molecule has 1 aliphatic carbocycles. The zero-order chi connectivity index (χ0) is 25.8. The van der Waals surface area contributed by atoms with Gasteiger partial charge in [0, 0.05) is 32.6 Å². The number of carbonyl (C=O) groups excluding carboxylic acids is 1. The van der Waals surface area contributed by atoms with E-state index in [9.17, 15) is 18.5 Å². The number of likely N-dealkylation sites (N-methyl/N-ethyl adjacent to an activating group) is 1. The number of nitrogens with one attached hydrogen (secondary N) is 1. The lowest BCUT2D eigenvalue weighted by atomic mass is 9.81. The first-order valence-electron chi connectivity index (χ1n) is 12.6. The van der Waals surface area contributed by atoms with Crippen molar-refractivity contribution in [1.82, 2.24) is 14.5 Å². The van der Waals surface area contributed by atoms with Crippen LogP contribution in [0.2, 0.25) is 0 Å². The molecule has 192 valence electrons. The molecular formula is C27H35N5O3S. The maximum Gasteiger partial charge on any atom is 0.243 e. The van der Waals surface area contributed by atoms with Gasteiger partial charge in [-0.25, -0.2) is 8.42 Å². The van der Waals surface area contributed by atoms with Crippen LogP contribution in [0.5, 0.6) is 0 Å². The average Bonchev–Trinajstić information content (AvgIpc) is 2.89. The third-order valence-corrected chi connectivity index (χ3v) is 9.25. The summed E-state index contributed by atoms with van der Waals surface area (Å²) in [6.45, 7) is 2.46. The van der Waals surface area contributed by atoms with Crippen LogP contribution in [-0.2, 0) is 21.2 Å². The molecule has 2 aromatic carbocycles. The number of carbonyl (C=O) groups is 1. The summed E-state index contributed by atoms with van der Waals surface area (Å²) in [7, 11) is -1.50. The van der Waals surface area contributed by atoms with E-state index in [0.29, 0.717) is 37.2 Å². The number of nitrogens with zero attached hydrogens (tertiary/aromatic N) is 3. The van der Waals surface area contributed by atoms with Crippen LogP contribution in [0, 0.1) is 11.3 Å². The maximum atomic E-state index is 13.0. The molecule has 4 rings (SSSR count). The zero-order valence-corrected chi connectivity index (χ0v) is 21.6. The first-order valence-corrected chi connectivity index (χ1v) is 14.0. The van der Waals surface area contributed by atoms with Crippen molar-refractivity contribution in [2.75, 3.05) is 33.2 Å². The molecule has 1 atom stereocenters. The van der Waals surface area contributed by atoms with E-state index in [4.69, 9.17) is 5.73 Å². The normalized spacial score (nSPS) is 19.8. The summed E-state index contributed by atoms with van der Waals surface area (Å²) in [6.07, 6.45) is 4.66. The Kier molecular flexibility index (Phi) is 8.10. The standard InChI is InChI=1S/C27H35N5O3S/c1-31-15-17-32(18-16-31)36(34,35)25-11-9-23(10-12-25)22-7-5-21(6-8-22)19-24(20-28)30-26(33)27(29)13-3-2-4-14-27/h5-12,24H,2-4,13-19,29H2,1H3,(H,30,33)/t24-/m0/s1. The van der Waals surface area contributed by atoms with Gasteiger partial charge in [-0.1, -0.05) is 55.7 Å². The van der Waals surface area contributed by atoms with Crippen molar-refractivity contribution in [2.24, 2.45) is 5.73 Å². The highest BCUT2D eigenvalue weighted by Gasteiger charge is 2.36. The summed E-state index contributed by atoms with van der Waals surface area (Å²) < 4.78 is 27.5. The van der Waals surface area contributed by atoms with E-state index in [1.54, 1.807) is 16.4 Å². The van der Waals surface area contributed by atoms with Gasteiger partial charge in [-0.3, -0.25) is 4.79 Å². The average molecular weight is 510 g/mol. The number of hydrogen-bond acceptors (Lipinski definition) is 6. The molecule has 2 aliphatic rings. The number of piperazine rings is 1. The first kappa shape index (κ1) is 26.3. The number of amides is 1. The van der Waals surface area contributed by atoms with Crippen LogP contribution in [0.15, 0.2) is 53.4 Å². The molecule has 1 saturated heterocycles. The molecular weight excluding hydrogens is 474 g/mol. The monoisotopic (exact) mass is 509 g/mol. The Balaban J connectivity index is 1.38. The van der Waals surface area contributed by atoms with Crippen LogP contribution in [0.4, 0.5) is 0 Å². The van der Waals surface area contributed by atoms with E-state index < -0.39 is 21.6 Å². The largest absolute Gasteiger partial charge is 0.338 e. The Labute approximate surface area is 214 Å². The molecule has 9 heteroatoms. The molecule has 1 saturated carbocycles. The van der Waals surface area contributed by atoms with E-state index in [1.165, 1.54) is 0 Å². The first-order chi connectivity index (χ1) is 17.2. The van der Waals surface area contributed by atoms with Crippen molar-refractivity contribution in [3.63, 3.8) is 0 Å². The second-order valence-electron chi connectivity index (χ2n) is 10.0. The molecule has 2 aromatic rings. The van der Waals surface area contributed by atoms with Gasteiger partial charge in [0.1, 0.15) is 6.04 Å². The third kappa shape index (κ3) is 5.95. The third-order valence-electron chi connectivity index (χ3n) is 7.34. The minimum atomic E-state index is -3.50. The second-order valence-corrected chi connectivity index (χ2v) is 11.9.